The molecule has 11 heteroatoms. The van der Waals surface area contributed by atoms with Gasteiger partial charge in [-0.05, 0) is 6.92 Å². The fourth-order valence-electron chi connectivity index (χ4n) is 2.30. The maximum absolute atomic E-state index is 12.2. The molecule has 0 fully saturated rings. The van der Waals surface area contributed by atoms with Gasteiger partial charge in [-0.3, -0.25) is 13.9 Å². The van der Waals surface area contributed by atoms with E-state index in [9.17, 15) is 14.4 Å². The Balaban J connectivity index is 2.51. The van der Waals surface area contributed by atoms with Crippen molar-refractivity contribution in [1.82, 2.24) is 28.7 Å². The fourth-order valence-corrected chi connectivity index (χ4v) is 2.30. The molecule has 0 aromatic carbocycles. The highest BCUT2D eigenvalue weighted by Gasteiger charge is 2.22. The minimum atomic E-state index is -0.755. The molecule has 120 valence electrons. The number of aromatic nitrogens is 6. The van der Waals surface area contributed by atoms with Crippen molar-refractivity contribution in [2.45, 2.75) is 6.92 Å². The third kappa shape index (κ3) is 1.89. The predicted molar refractivity (Wildman–Crippen MR) is 79.1 cm³/mol. The van der Waals surface area contributed by atoms with Crippen molar-refractivity contribution in [2.75, 3.05) is 12.3 Å². The first kappa shape index (κ1) is 14.7. The van der Waals surface area contributed by atoms with Crippen molar-refractivity contribution >= 4 is 28.7 Å². The smallest absolute Gasteiger partial charge is 0.362 e. The lowest BCUT2D eigenvalue weighted by atomic mass is 10.4. The Morgan fingerprint density at radius 2 is 1.91 bits per heavy atom. The number of hydrogen-bond donors (Lipinski definition) is 1. The molecule has 2 N–H and O–H groups in total. The van der Waals surface area contributed by atoms with E-state index in [1.54, 1.807) is 6.92 Å². The number of esters is 1. The summed E-state index contributed by atoms with van der Waals surface area (Å²) in [5.74, 6) is -0.863. The van der Waals surface area contributed by atoms with E-state index in [-0.39, 0.29) is 35.1 Å². The van der Waals surface area contributed by atoms with E-state index in [2.05, 4.69) is 15.2 Å². The summed E-state index contributed by atoms with van der Waals surface area (Å²) in [5, 5.41) is 7.48. The van der Waals surface area contributed by atoms with Gasteiger partial charge in [-0.25, -0.2) is 19.0 Å². The van der Waals surface area contributed by atoms with Crippen molar-refractivity contribution in [3.63, 3.8) is 0 Å². The average molecular weight is 319 g/mol. The molecule has 11 nitrogen and oxygen atoms in total. The standard InChI is InChI=1S/C12H13N7O4/c1-4-23-10(21)5-7(13)19-8-6(14-11(19)16-15-5)9(20)18(3)12(22)17(8)2/h4,13H2,1-3H3. The molecule has 0 bridgehead atoms. The Morgan fingerprint density at radius 1 is 1.22 bits per heavy atom. The summed E-state index contributed by atoms with van der Waals surface area (Å²) in [6.45, 7) is 1.78. The Bertz CT molecular complexity index is 1080. The summed E-state index contributed by atoms with van der Waals surface area (Å²) in [7, 11) is 2.80. The van der Waals surface area contributed by atoms with Gasteiger partial charge < -0.3 is 10.5 Å². The number of ether oxygens (including phenoxy) is 1. The second-order valence-electron chi connectivity index (χ2n) is 4.78. The van der Waals surface area contributed by atoms with Crippen LogP contribution in [0.5, 0.6) is 0 Å². The molecular weight excluding hydrogens is 306 g/mol. The van der Waals surface area contributed by atoms with Gasteiger partial charge in [0.2, 0.25) is 5.69 Å². The van der Waals surface area contributed by atoms with Crippen LogP contribution in [0.25, 0.3) is 16.9 Å². The lowest BCUT2D eigenvalue weighted by Gasteiger charge is -2.08. The number of hydrogen-bond acceptors (Lipinski definition) is 8. The van der Waals surface area contributed by atoms with Crippen LogP contribution in [0.1, 0.15) is 17.4 Å². The Labute approximate surface area is 127 Å². The van der Waals surface area contributed by atoms with Gasteiger partial charge in [-0.2, -0.15) is 0 Å². The van der Waals surface area contributed by atoms with Crippen molar-refractivity contribution < 1.29 is 9.53 Å². The van der Waals surface area contributed by atoms with Gasteiger partial charge in [0, 0.05) is 14.1 Å². The minimum Gasteiger partial charge on any atom is -0.461 e. The molecule has 0 aliphatic rings. The van der Waals surface area contributed by atoms with Crippen LogP contribution in [0, 0.1) is 0 Å². The van der Waals surface area contributed by atoms with E-state index >= 15 is 0 Å². The molecule has 3 aromatic rings. The van der Waals surface area contributed by atoms with Crippen LogP contribution in [-0.2, 0) is 18.8 Å². The van der Waals surface area contributed by atoms with Gasteiger partial charge in [0.25, 0.3) is 11.3 Å². The first-order valence-corrected chi connectivity index (χ1v) is 6.66. The number of carbonyl (C=O) groups is 1. The number of nitrogens with two attached hydrogens (primary N) is 1. The predicted octanol–water partition coefficient (Wildman–Crippen LogP) is -1.57. The van der Waals surface area contributed by atoms with Crippen LogP contribution >= 0.6 is 0 Å². The summed E-state index contributed by atoms with van der Waals surface area (Å²) >= 11 is 0. The van der Waals surface area contributed by atoms with E-state index < -0.39 is 17.2 Å². The number of nitrogens with zero attached hydrogens (tertiary/aromatic N) is 6. The summed E-state index contributed by atoms with van der Waals surface area (Å²) in [5.41, 5.74) is 4.73. The van der Waals surface area contributed by atoms with Gasteiger partial charge in [-0.15, -0.1) is 10.2 Å². The van der Waals surface area contributed by atoms with E-state index in [1.165, 1.54) is 23.1 Å². The van der Waals surface area contributed by atoms with Crippen LogP contribution in [0.15, 0.2) is 9.59 Å². The zero-order chi connectivity index (χ0) is 16.9. The van der Waals surface area contributed by atoms with Crippen molar-refractivity contribution in [3.05, 3.63) is 26.5 Å². The molecule has 0 atom stereocenters. The van der Waals surface area contributed by atoms with Crippen molar-refractivity contribution in [3.8, 4) is 0 Å². The maximum Gasteiger partial charge on any atom is 0.362 e. The van der Waals surface area contributed by atoms with Crippen molar-refractivity contribution in [1.29, 1.82) is 0 Å². The minimum absolute atomic E-state index is 0.00314. The Kier molecular flexibility index (Phi) is 3.13. The second-order valence-corrected chi connectivity index (χ2v) is 4.78. The van der Waals surface area contributed by atoms with E-state index in [0.717, 1.165) is 4.57 Å². The van der Waals surface area contributed by atoms with E-state index in [0.29, 0.717) is 0 Å². The molecule has 0 saturated carbocycles. The SMILES string of the molecule is CCOC(=O)c1nnc2nc3c(=O)n(C)c(=O)n(C)c3n2c1N. The lowest BCUT2D eigenvalue weighted by molar-refractivity contribution is 0.0519. The first-order chi connectivity index (χ1) is 10.9. The molecule has 23 heavy (non-hydrogen) atoms. The topological polar surface area (TPSA) is 139 Å². The third-order valence-electron chi connectivity index (χ3n) is 3.43. The quantitative estimate of drug-likeness (QED) is 0.559. The zero-order valence-electron chi connectivity index (χ0n) is 12.6. The van der Waals surface area contributed by atoms with Gasteiger partial charge in [-0.1, -0.05) is 0 Å². The van der Waals surface area contributed by atoms with Crippen LogP contribution in [0.2, 0.25) is 0 Å². The normalized spacial score (nSPS) is 11.3. The lowest BCUT2D eigenvalue weighted by Crippen LogP contribution is -2.37. The molecule has 0 aliphatic heterocycles. The van der Waals surface area contributed by atoms with Crippen molar-refractivity contribution in [2.24, 2.45) is 14.1 Å². The highest BCUT2D eigenvalue weighted by atomic mass is 16.5. The maximum atomic E-state index is 12.2. The molecule has 3 aromatic heterocycles. The largest absolute Gasteiger partial charge is 0.461 e. The van der Waals surface area contributed by atoms with Gasteiger partial charge in [0.1, 0.15) is 5.82 Å². The number of aryl methyl sites for hydroxylation is 1. The highest BCUT2D eigenvalue weighted by Crippen LogP contribution is 2.17. The molecule has 0 saturated heterocycles. The van der Waals surface area contributed by atoms with Gasteiger partial charge >= 0.3 is 11.7 Å². The molecule has 0 spiro atoms. The number of fused-ring (bicyclic) bond motifs is 3. The molecule has 0 aliphatic carbocycles. The molecule has 3 rings (SSSR count). The van der Waals surface area contributed by atoms with Gasteiger partial charge in [0.15, 0.2) is 11.2 Å². The summed E-state index contributed by atoms with van der Waals surface area (Å²) in [6, 6.07) is 0. The van der Waals surface area contributed by atoms with Crippen LogP contribution < -0.4 is 17.0 Å². The molecule has 0 amide bonds. The highest BCUT2D eigenvalue weighted by molar-refractivity contribution is 5.93. The number of carbonyl (C=O) groups excluding carboxylic acids is 1. The molecule has 0 radical (unpaired) electrons. The molecule has 3 heterocycles. The summed E-state index contributed by atoms with van der Waals surface area (Å²) in [4.78, 5) is 40.2. The molecule has 0 unspecified atom stereocenters. The average Bonchev–Trinajstić information content (AvgIpc) is 2.92. The van der Waals surface area contributed by atoms with E-state index in [1.807, 2.05) is 0 Å². The number of anilines is 1. The fraction of sp³-hybridized carbons (Fsp3) is 0.333. The van der Waals surface area contributed by atoms with Gasteiger partial charge in [0.05, 0.1) is 6.61 Å². The van der Waals surface area contributed by atoms with E-state index in [4.69, 9.17) is 10.5 Å². The van der Waals surface area contributed by atoms with Crippen LogP contribution in [-0.4, -0.2) is 41.3 Å². The number of rotatable bonds is 2. The number of imidazole rings is 1. The molecular formula is C12H13N7O4. The second kappa shape index (κ2) is 4.90. The Morgan fingerprint density at radius 3 is 2.57 bits per heavy atom. The third-order valence-corrected chi connectivity index (χ3v) is 3.43. The number of nitrogen functional groups attached to an aromatic ring is 1. The summed E-state index contributed by atoms with van der Waals surface area (Å²) < 4.78 is 8.21. The zero-order valence-corrected chi connectivity index (χ0v) is 12.6. The monoisotopic (exact) mass is 319 g/mol. The Hall–Kier alpha value is -3.24. The first-order valence-electron chi connectivity index (χ1n) is 6.66. The summed E-state index contributed by atoms with van der Waals surface area (Å²) in [6.07, 6.45) is 0. The van der Waals surface area contributed by atoms with Crippen LogP contribution in [0.3, 0.4) is 0 Å². The van der Waals surface area contributed by atoms with Crippen LogP contribution in [0.4, 0.5) is 5.82 Å².